The number of halogens is 3. The van der Waals surface area contributed by atoms with Crippen LogP contribution in [0.4, 0.5) is 18.9 Å². The maximum atomic E-state index is 13.2. The minimum Gasteiger partial charge on any atom is -0.279 e. The topological polar surface area (TPSA) is 46.2 Å². The molecule has 2 rings (SSSR count). The van der Waals surface area contributed by atoms with E-state index in [2.05, 4.69) is 18.6 Å². The van der Waals surface area contributed by atoms with Gasteiger partial charge in [0.25, 0.3) is 10.0 Å². The third-order valence-corrected chi connectivity index (χ3v) is 6.39. The number of sulfonamides is 1. The molecule has 3 nitrogen and oxygen atoms in total. The Kier molecular flexibility index (Phi) is 6.96. The molecule has 0 saturated heterocycles. The van der Waals surface area contributed by atoms with Crippen molar-refractivity contribution >= 4 is 15.7 Å². The van der Waals surface area contributed by atoms with E-state index in [0.29, 0.717) is 11.8 Å². The first kappa shape index (κ1) is 24.3. The van der Waals surface area contributed by atoms with E-state index in [9.17, 15) is 21.6 Å². The molecule has 7 heteroatoms. The average molecular weight is 442 g/mol. The molecule has 0 unspecified atom stereocenters. The zero-order valence-corrected chi connectivity index (χ0v) is 19.3. The highest BCUT2D eigenvalue weighted by Crippen LogP contribution is 2.38. The fourth-order valence-electron chi connectivity index (χ4n) is 3.33. The van der Waals surface area contributed by atoms with Crippen LogP contribution in [0.3, 0.4) is 0 Å². The summed E-state index contributed by atoms with van der Waals surface area (Å²) in [5.74, 6) is 0.320. The van der Waals surface area contributed by atoms with Crippen LogP contribution >= 0.6 is 0 Å². The SMILES string of the molecule is Cc1cc(C(F)(F)F)cc(S(=O)(=O)Nc2c(C(C)C)cc(C(C)C)cc2C(C)C)c1. The van der Waals surface area contributed by atoms with Crippen molar-refractivity contribution in [3.63, 3.8) is 0 Å². The van der Waals surface area contributed by atoms with Crippen LogP contribution in [0.5, 0.6) is 0 Å². The summed E-state index contributed by atoms with van der Waals surface area (Å²) in [4.78, 5) is -0.396. The van der Waals surface area contributed by atoms with Crippen molar-refractivity contribution in [2.45, 2.75) is 77.3 Å². The number of alkyl halides is 3. The van der Waals surface area contributed by atoms with Crippen LogP contribution in [-0.4, -0.2) is 8.42 Å². The molecule has 0 radical (unpaired) electrons. The monoisotopic (exact) mass is 441 g/mol. The second kappa shape index (κ2) is 8.61. The molecule has 0 aliphatic heterocycles. The predicted octanol–water partition coefficient (Wildman–Crippen LogP) is 7.18. The van der Waals surface area contributed by atoms with Gasteiger partial charge in [-0.2, -0.15) is 13.2 Å². The lowest BCUT2D eigenvalue weighted by Crippen LogP contribution is -2.18. The molecule has 0 saturated carbocycles. The van der Waals surface area contributed by atoms with Crippen molar-refractivity contribution in [3.8, 4) is 0 Å². The number of aryl methyl sites for hydroxylation is 1. The van der Waals surface area contributed by atoms with E-state index < -0.39 is 26.7 Å². The van der Waals surface area contributed by atoms with Gasteiger partial charge in [0, 0.05) is 0 Å². The molecular formula is C23H30F3NO2S. The molecule has 0 spiro atoms. The summed E-state index contributed by atoms with van der Waals surface area (Å²) in [6, 6.07) is 6.84. The third-order valence-electron chi connectivity index (χ3n) is 5.06. The van der Waals surface area contributed by atoms with Gasteiger partial charge < -0.3 is 0 Å². The van der Waals surface area contributed by atoms with Gasteiger partial charge in [0.1, 0.15) is 0 Å². The van der Waals surface area contributed by atoms with Crippen molar-refractivity contribution in [2.75, 3.05) is 4.72 Å². The van der Waals surface area contributed by atoms with Crippen molar-refractivity contribution < 1.29 is 21.6 Å². The van der Waals surface area contributed by atoms with Gasteiger partial charge in [-0.25, -0.2) is 8.42 Å². The highest BCUT2D eigenvalue weighted by atomic mass is 32.2. The van der Waals surface area contributed by atoms with Crippen LogP contribution in [0.2, 0.25) is 0 Å². The summed E-state index contributed by atoms with van der Waals surface area (Å²) in [5, 5.41) is 0. The predicted molar refractivity (Wildman–Crippen MR) is 116 cm³/mol. The molecule has 0 aromatic heterocycles. The van der Waals surface area contributed by atoms with E-state index >= 15 is 0 Å². The van der Waals surface area contributed by atoms with E-state index in [-0.39, 0.29) is 23.3 Å². The van der Waals surface area contributed by atoms with Crippen LogP contribution in [0.1, 0.15) is 87.1 Å². The Bertz CT molecular complexity index is 994. The highest BCUT2D eigenvalue weighted by molar-refractivity contribution is 7.92. The lowest BCUT2D eigenvalue weighted by molar-refractivity contribution is -0.137. The van der Waals surface area contributed by atoms with Gasteiger partial charge in [-0.3, -0.25) is 4.72 Å². The fourth-order valence-corrected chi connectivity index (χ4v) is 4.58. The van der Waals surface area contributed by atoms with E-state index in [0.717, 1.165) is 22.8 Å². The molecule has 30 heavy (non-hydrogen) atoms. The van der Waals surface area contributed by atoms with Crippen molar-refractivity contribution in [1.29, 1.82) is 0 Å². The standard InChI is InChI=1S/C23H30F3NO2S/c1-13(2)17-10-20(14(3)4)22(21(11-17)15(5)6)27-30(28,29)19-9-16(7)8-18(12-19)23(24,25)26/h8-15,27H,1-7H3. The van der Waals surface area contributed by atoms with Crippen molar-refractivity contribution in [2.24, 2.45) is 0 Å². The molecule has 1 N–H and O–H groups in total. The normalized spacial score (nSPS) is 12.8. The summed E-state index contributed by atoms with van der Waals surface area (Å²) in [6.45, 7) is 13.5. The molecule has 0 aliphatic carbocycles. The summed E-state index contributed by atoms with van der Waals surface area (Å²) in [6.07, 6.45) is -4.62. The number of rotatable bonds is 6. The first-order valence-electron chi connectivity index (χ1n) is 10.0. The lowest BCUT2D eigenvalue weighted by Gasteiger charge is -2.24. The lowest BCUT2D eigenvalue weighted by atomic mass is 9.88. The molecule has 0 aliphatic rings. The first-order valence-corrected chi connectivity index (χ1v) is 11.5. The molecular weight excluding hydrogens is 411 g/mol. The van der Waals surface area contributed by atoms with Gasteiger partial charge >= 0.3 is 6.18 Å². The number of hydrogen-bond acceptors (Lipinski definition) is 2. The largest absolute Gasteiger partial charge is 0.416 e. The molecule has 166 valence electrons. The Morgan fingerprint density at radius 1 is 0.800 bits per heavy atom. The number of anilines is 1. The van der Waals surface area contributed by atoms with E-state index in [1.165, 1.54) is 13.0 Å². The fraction of sp³-hybridized carbons (Fsp3) is 0.478. The Hall–Kier alpha value is -2.02. The zero-order valence-electron chi connectivity index (χ0n) is 18.5. The second-order valence-corrected chi connectivity index (χ2v) is 10.4. The average Bonchev–Trinajstić information content (AvgIpc) is 2.59. The van der Waals surface area contributed by atoms with Crippen molar-refractivity contribution in [1.82, 2.24) is 0 Å². The zero-order chi connectivity index (χ0) is 23.0. The smallest absolute Gasteiger partial charge is 0.279 e. The van der Waals surface area contributed by atoms with Crippen LogP contribution in [0.15, 0.2) is 35.2 Å². The minimum absolute atomic E-state index is 0.0298. The van der Waals surface area contributed by atoms with Gasteiger partial charge in [-0.15, -0.1) is 0 Å². The van der Waals surface area contributed by atoms with Crippen LogP contribution < -0.4 is 4.72 Å². The van der Waals surface area contributed by atoms with Crippen LogP contribution in [0, 0.1) is 6.92 Å². The minimum atomic E-state index is -4.62. The maximum absolute atomic E-state index is 13.2. The third kappa shape index (κ3) is 5.36. The van der Waals surface area contributed by atoms with Crippen LogP contribution in [0.25, 0.3) is 0 Å². The van der Waals surface area contributed by atoms with E-state index in [1.54, 1.807) is 0 Å². The first-order chi connectivity index (χ1) is 13.6. The molecule has 2 aromatic rings. The Morgan fingerprint density at radius 2 is 1.30 bits per heavy atom. The molecule has 0 amide bonds. The van der Waals surface area contributed by atoms with Gasteiger partial charge in [0.15, 0.2) is 0 Å². The van der Waals surface area contributed by atoms with Crippen LogP contribution in [-0.2, 0) is 16.2 Å². The number of nitrogens with one attached hydrogen (secondary N) is 1. The summed E-state index contributed by atoms with van der Waals surface area (Å²) in [5.41, 5.74) is 2.47. The van der Waals surface area contributed by atoms with Gasteiger partial charge in [-0.05, 0) is 65.1 Å². The molecule has 0 heterocycles. The Labute approximate surface area is 177 Å². The number of hydrogen-bond donors (Lipinski definition) is 1. The second-order valence-electron chi connectivity index (χ2n) is 8.68. The van der Waals surface area contributed by atoms with E-state index in [1.807, 2.05) is 39.8 Å². The number of benzene rings is 2. The summed E-state index contributed by atoms with van der Waals surface area (Å²) >= 11 is 0. The Balaban J connectivity index is 2.68. The Morgan fingerprint density at radius 3 is 1.70 bits per heavy atom. The molecule has 0 atom stereocenters. The molecule has 0 fully saturated rings. The van der Waals surface area contributed by atoms with Crippen molar-refractivity contribution in [3.05, 3.63) is 58.1 Å². The summed E-state index contributed by atoms with van der Waals surface area (Å²) in [7, 11) is -4.21. The van der Waals surface area contributed by atoms with E-state index in [4.69, 9.17) is 0 Å². The quantitative estimate of drug-likeness (QED) is 0.516. The highest BCUT2D eigenvalue weighted by Gasteiger charge is 2.32. The summed E-state index contributed by atoms with van der Waals surface area (Å²) < 4.78 is 68.5. The molecule has 2 aromatic carbocycles. The van der Waals surface area contributed by atoms with Gasteiger partial charge in [-0.1, -0.05) is 53.7 Å². The van der Waals surface area contributed by atoms with Gasteiger partial charge in [0.2, 0.25) is 0 Å². The maximum Gasteiger partial charge on any atom is 0.416 e. The van der Waals surface area contributed by atoms with Gasteiger partial charge in [0.05, 0.1) is 16.1 Å². The molecule has 0 bridgehead atoms.